The summed E-state index contributed by atoms with van der Waals surface area (Å²) in [7, 11) is 1.67. The van der Waals surface area contributed by atoms with Gasteiger partial charge in [0.1, 0.15) is 18.1 Å². The SMILES string of the molecule is COc1ccccc1CN/N=C/c1cccc(OCc2cccc3ccccc23)c1. The molecule has 4 rings (SSSR count). The minimum atomic E-state index is 0.522. The molecular weight excluding hydrogens is 372 g/mol. The van der Waals surface area contributed by atoms with Crippen LogP contribution in [0.25, 0.3) is 10.8 Å². The van der Waals surface area contributed by atoms with E-state index in [2.05, 4.69) is 53.0 Å². The van der Waals surface area contributed by atoms with Gasteiger partial charge in [-0.15, -0.1) is 0 Å². The number of fused-ring (bicyclic) bond motifs is 1. The molecule has 4 heteroatoms. The van der Waals surface area contributed by atoms with E-state index in [-0.39, 0.29) is 0 Å². The van der Waals surface area contributed by atoms with Crippen LogP contribution in [0.15, 0.2) is 96.1 Å². The maximum absolute atomic E-state index is 6.05. The molecule has 0 heterocycles. The van der Waals surface area contributed by atoms with Gasteiger partial charge in [0, 0.05) is 5.56 Å². The van der Waals surface area contributed by atoms with E-state index < -0.39 is 0 Å². The average Bonchev–Trinajstić information content (AvgIpc) is 2.81. The van der Waals surface area contributed by atoms with Crippen molar-refractivity contribution in [3.63, 3.8) is 0 Å². The fourth-order valence-corrected chi connectivity index (χ4v) is 3.36. The van der Waals surface area contributed by atoms with E-state index in [1.165, 1.54) is 16.3 Å². The number of hydrogen-bond acceptors (Lipinski definition) is 4. The van der Waals surface area contributed by atoms with Crippen molar-refractivity contribution in [1.29, 1.82) is 0 Å². The minimum Gasteiger partial charge on any atom is -0.496 e. The molecule has 0 aliphatic rings. The van der Waals surface area contributed by atoms with Crippen LogP contribution in [0.5, 0.6) is 11.5 Å². The van der Waals surface area contributed by atoms with Gasteiger partial charge in [0.15, 0.2) is 0 Å². The van der Waals surface area contributed by atoms with Crippen LogP contribution in [-0.4, -0.2) is 13.3 Å². The van der Waals surface area contributed by atoms with Crippen LogP contribution < -0.4 is 14.9 Å². The summed E-state index contributed by atoms with van der Waals surface area (Å²) in [5.74, 6) is 1.67. The van der Waals surface area contributed by atoms with Gasteiger partial charge in [-0.2, -0.15) is 5.10 Å². The first-order chi connectivity index (χ1) is 14.8. The molecule has 0 aliphatic heterocycles. The Hall–Kier alpha value is -3.79. The highest BCUT2D eigenvalue weighted by atomic mass is 16.5. The van der Waals surface area contributed by atoms with Crippen molar-refractivity contribution in [2.45, 2.75) is 13.2 Å². The van der Waals surface area contributed by atoms with Crippen molar-refractivity contribution in [1.82, 2.24) is 5.43 Å². The maximum Gasteiger partial charge on any atom is 0.123 e. The predicted octanol–water partition coefficient (Wildman–Crippen LogP) is 5.55. The van der Waals surface area contributed by atoms with Crippen molar-refractivity contribution in [3.05, 3.63) is 108 Å². The van der Waals surface area contributed by atoms with Gasteiger partial charge in [0.25, 0.3) is 0 Å². The fourth-order valence-electron chi connectivity index (χ4n) is 3.36. The lowest BCUT2D eigenvalue weighted by Crippen LogP contribution is -2.06. The Morgan fingerprint density at radius 3 is 2.53 bits per heavy atom. The van der Waals surface area contributed by atoms with Crippen LogP contribution in [0.4, 0.5) is 0 Å². The third kappa shape index (κ3) is 4.78. The van der Waals surface area contributed by atoms with Gasteiger partial charge < -0.3 is 14.9 Å². The highest BCUT2D eigenvalue weighted by molar-refractivity contribution is 5.85. The van der Waals surface area contributed by atoms with E-state index in [1.807, 2.05) is 48.5 Å². The number of ether oxygens (including phenoxy) is 2. The Labute approximate surface area is 176 Å². The molecule has 0 aliphatic carbocycles. The van der Waals surface area contributed by atoms with E-state index in [1.54, 1.807) is 13.3 Å². The highest BCUT2D eigenvalue weighted by Gasteiger charge is 2.02. The molecule has 0 radical (unpaired) electrons. The highest BCUT2D eigenvalue weighted by Crippen LogP contribution is 2.21. The first-order valence-electron chi connectivity index (χ1n) is 9.91. The number of benzene rings is 4. The molecule has 4 aromatic carbocycles. The standard InChI is InChI=1S/C26H24N2O2/c1-29-26-15-5-3-10-22(26)18-28-27-17-20-8-6-13-24(16-20)30-19-23-12-7-11-21-9-2-4-14-25(21)23/h2-17,28H,18-19H2,1H3/b27-17+. The van der Waals surface area contributed by atoms with E-state index in [0.29, 0.717) is 13.2 Å². The number of para-hydroxylation sites is 1. The molecule has 0 unspecified atom stereocenters. The molecule has 1 N–H and O–H groups in total. The van der Waals surface area contributed by atoms with Crippen molar-refractivity contribution in [2.24, 2.45) is 5.10 Å². The second-order valence-electron chi connectivity index (χ2n) is 6.90. The smallest absolute Gasteiger partial charge is 0.123 e. The second-order valence-corrected chi connectivity index (χ2v) is 6.90. The average molecular weight is 396 g/mol. The number of nitrogens with one attached hydrogen (secondary N) is 1. The number of hydrazone groups is 1. The zero-order valence-corrected chi connectivity index (χ0v) is 16.9. The van der Waals surface area contributed by atoms with E-state index in [4.69, 9.17) is 9.47 Å². The summed E-state index contributed by atoms with van der Waals surface area (Å²) >= 11 is 0. The van der Waals surface area contributed by atoms with Crippen LogP contribution in [0, 0.1) is 0 Å². The Morgan fingerprint density at radius 1 is 0.833 bits per heavy atom. The van der Waals surface area contributed by atoms with Crippen molar-refractivity contribution in [2.75, 3.05) is 7.11 Å². The van der Waals surface area contributed by atoms with Gasteiger partial charge in [-0.05, 0) is 40.1 Å². The minimum absolute atomic E-state index is 0.522. The first-order valence-corrected chi connectivity index (χ1v) is 9.91. The molecule has 4 aromatic rings. The van der Waals surface area contributed by atoms with Crippen LogP contribution in [-0.2, 0) is 13.2 Å². The van der Waals surface area contributed by atoms with Crippen LogP contribution in [0.2, 0.25) is 0 Å². The normalized spacial score (nSPS) is 11.0. The van der Waals surface area contributed by atoms with E-state index in [9.17, 15) is 0 Å². The Morgan fingerprint density at radius 2 is 1.60 bits per heavy atom. The Balaban J connectivity index is 1.37. The summed E-state index contributed by atoms with van der Waals surface area (Å²) in [4.78, 5) is 0. The van der Waals surface area contributed by atoms with Gasteiger partial charge in [-0.25, -0.2) is 0 Å². The number of rotatable bonds is 8. The number of methoxy groups -OCH3 is 1. The predicted molar refractivity (Wildman–Crippen MR) is 122 cm³/mol. The zero-order chi connectivity index (χ0) is 20.6. The second kappa shape index (κ2) is 9.61. The summed E-state index contributed by atoms with van der Waals surface area (Å²) in [6.45, 7) is 1.12. The summed E-state index contributed by atoms with van der Waals surface area (Å²) in [6.07, 6.45) is 1.79. The van der Waals surface area contributed by atoms with Crippen molar-refractivity contribution < 1.29 is 9.47 Å². The lowest BCUT2D eigenvalue weighted by Gasteiger charge is -2.10. The maximum atomic E-state index is 6.05. The molecule has 0 spiro atoms. The number of nitrogens with zero attached hydrogens (tertiary/aromatic N) is 1. The van der Waals surface area contributed by atoms with Gasteiger partial charge in [0.2, 0.25) is 0 Å². The Bertz CT molecular complexity index is 1150. The molecule has 150 valence electrons. The van der Waals surface area contributed by atoms with Crippen molar-refractivity contribution in [3.8, 4) is 11.5 Å². The number of hydrogen-bond donors (Lipinski definition) is 1. The van der Waals surface area contributed by atoms with Crippen LogP contribution in [0.1, 0.15) is 16.7 Å². The van der Waals surface area contributed by atoms with E-state index in [0.717, 1.165) is 22.6 Å². The largest absolute Gasteiger partial charge is 0.496 e. The van der Waals surface area contributed by atoms with Gasteiger partial charge in [-0.3, -0.25) is 0 Å². The van der Waals surface area contributed by atoms with Crippen LogP contribution >= 0.6 is 0 Å². The lowest BCUT2D eigenvalue weighted by atomic mass is 10.1. The summed E-state index contributed by atoms with van der Waals surface area (Å²) in [5.41, 5.74) is 6.27. The summed E-state index contributed by atoms with van der Waals surface area (Å²) in [5, 5.41) is 6.77. The quantitative estimate of drug-likeness (QED) is 0.314. The third-order valence-electron chi connectivity index (χ3n) is 4.90. The molecular formula is C26H24N2O2. The monoisotopic (exact) mass is 396 g/mol. The van der Waals surface area contributed by atoms with Gasteiger partial charge in [0.05, 0.1) is 19.9 Å². The molecule has 0 fully saturated rings. The molecule has 30 heavy (non-hydrogen) atoms. The van der Waals surface area contributed by atoms with Crippen LogP contribution in [0.3, 0.4) is 0 Å². The molecule has 0 saturated carbocycles. The third-order valence-corrected chi connectivity index (χ3v) is 4.90. The summed E-state index contributed by atoms with van der Waals surface area (Å²) < 4.78 is 11.4. The van der Waals surface area contributed by atoms with Gasteiger partial charge in [-0.1, -0.05) is 72.8 Å². The topological polar surface area (TPSA) is 42.8 Å². The molecule has 0 amide bonds. The fraction of sp³-hybridized carbons (Fsp3) is 0.115. The van der Waals surface area contributed by atoms with Crippen molar-refractivity contribution >= 4 is 17.0 Å². The molecule has 0 aromatic heterocycles. The molecule has 0 bridgehead atoms. The van der Waals surface area contributed by atoms with E-state index >= 15 is 0 Å². The molecule has 4 nitrogen and oxygen atoms in total. The van der Waals surface area contributed by atoms with Gasteiger partial charge >= 0.3 is 0 Å². The Kier molecular flexibility index (Phi) is 6.25. The lowest BCUT2D eigenvalue weighted by molar-refractivity contribution is 0.307. The molecule has 0 atom stereocenters. The zero-order valence-electron chi connectivity index (χ0n) is 16.9. The molecule has 0 saturated heterocycles. The first kappa shape index (κ1) is 19.5. The summed E-state index contributed by atoms with van der Waals surface area (Å²) in [6, 6.07) is 30.5.